The third kappa shape index (κ3) is 5.54. The number of nitrogens with zero attached hydrogens (tertiary/aromatic N) is 1. The summed E-state index contributed by atoms with van der Waals surface area (Å²) in [5.74, 6) is -0.498. The molecule has 2 aromatic rings. The lowest BCUT2D eigenvalue weighted by atomic mass is 10.2. The Morgan fingerprint density at radius 2 is 2.04 bits per heavy atom. The monoisotopic (exact) mass is 327 g/mol. The number of para-hydroxylation sites is 1. The first-order valence-electron chi connectivity index (χ1n) is 7.18. The fourth-order valence-electron chi connectivity index (χ4n) is 1.84. The highest BCUT2D eigenvalue weighted by Crippen LogP contribution is 2.19. The number of rotatable bonds is 7. The van der Waals surface area contributed by atoms with Gasteiger partial charge in [0, 0.05) is 30.6 Å². The summed E-state index contributed by atoms with van der Waals surface area (Å²) in [5, 5.41) is 11.2. The normalized spacial score (nSPS) is 10.4. The Morgan fingerprint density at radius 1 is 1.21 bits per heavy atom. The minimum absolute atomic E-state index is 0.262. The van der Waals surface area contributed by atoms with E-state index in [1.165, 1.54) is 11.6 Å². The van der Waals surface area contributed by atoms with Gasteiger partial charge in [0.25, 0.3) is 5.91 Å². The van der Waals surface area contributed by atoms with Crippen LogP contribution in [0.25, 0.3) is 6.08 Å². The van der Waals surface area contributed by atoms with E-state index in [2.05, 4.69) is 10.3 Å². The van der Waals surface area contributed by atoms with Gasteiger partial charge in [-0.3, -0.25) is 19.8 Å². The van der Waals surface area contributed by atoms with E-state index in [9.17, 15) is 9.59 Å². The van der Waals surface area contributed by atoms with E-state index < -0.39 is 5.91 Å². The topological polar surface area (TPSA) is 101 Å². The summed E-state index contributed by atoms with van der Waals surface area (Å²) in [6.45, 7) is 0.0559. The molecule has 24 heavy (non-hydrogen) atoms. The maximum Gasteiger partial charge on any atom is 0.281 e. The number of ether oxygens (including phenoxy) is 1. The van der Waals surface area contributed by atoms with Gasteiger partial charge >= 0.3 is 0 Å². The van der Waals surface area contributed by atoms with Crippen LogP contribution < -0.4 is 15.5 Å². The number of nitrogens with one attached hydrogen (secondary N) is 2. The lowest BCUT2D eigenvalue weighted by Crippen LogP contribution is -2.25. The van der Waals surface area contributed by atoms with Crippen molar-refractivity contribution >= 4 is 17.9 Å². The van der Waals surface area contributed by atoms with E-state index >= 15 is 0 Å². The number of hydrogen-bond acceptors (Lipinski definition) is 5. The molecule has 0 bridgehead atoms. The molecule has 1 heterocycles. The van der Waals surface area contributed by atoms with Crippen LogP contribution in [0.5, 0.6) is 5.75 Å². The summed E-state index contributed by atoms with van der Waals surface area (Å²) in [6.07, 6.45) is 6.31. The quantitative estimate of drug-likeness (QED) is 0.404. The van der Waals surface area contributed by atoms with Crippen LogP contribution in [0.3, 0.4) is 0 Å². The number of hydrogen-bond donors (Lipinski definition) is 3. The van der Waals surface area contributed by atoms with Crippen LogP contribution in [0.1, 0.15) is 11.1 Å². The molecule has 0 aliphatic carbocycles. The van der Waals surface area contributed by atoms with Gasteiger partial charge in [-0.2, -0.15) is 0 Å². The largest absolute Gasteiger partial charge is 0.483 e. The Morgan fingerprint density at radius 3 is 2.79 bits per heavy atom. The van der Waals surface area contributed by atoms with E-state index in [4.69, 9.17) is 9.94 Å². The first-order chi connectivity index (χ1) is 11.7. The first kappa shape index (κ1) is 17.2. The number of carbonyl (C=O) groups is 2. The molecule has 0 saturated carbocycles. The second-order valence-corrected chi connectivity index (χ2v) is 4.77. The van der Waals surface area contributed by atoms with E-state index in [0.29, 0.717) is 17.9 Å². The van der Waals surface area contributed by atoms with Crippen molar-refractivity contribution < 1.29 is 19.5 Å². The molecule has 7 heteroatoms. The average Bonchev–Trinajstić information content (AvgIpc) is 2.64. The second kappa shape index (κ2) is 9.06. The number of hydroxylamine groups is 1. The van der Waals surface area contributed by atoms with E-state index in [1.54, 1.807) is 48.8 Å². The van der Waals surface area contributed by atoms with Crippen LogP contribution in [0.15, 0.2) is 54.9 Å². The molecule has 1 aromatic heterocycles. The Kier molecular flexibility index (Phi) is 6.48. The molecule has 124 valence electrons. The van der Waals surface area contributed by atoms with Gasteiger partial charge in [-0.1, -0.05) is 24.3 Å². The van der Waals surface area contributed by atoms with Crippen molar-refractivity contribution in [3.63, 3.8) is 0 Å². The molecule has 0 fully saturated rings. The zero-order chi connectivity index (χ0) is 17.2. The Balaban J connectivity index is 1.93. The van der Waals surface area contributed by atoms with Gasteiger partial charge in [0.15, 0.2) is 6.61 Å². The number of pyridine rings is 1. The lowest BCUT2D eigenvalue weighted by Gasteiger charge is -2.07. The molecule has 0 atom stereocenters. The molecule has 0 unspecified atom stereocenters. The van der Waals surface area contributed by atoms with Crippen LogP contribution in [-0.4, -0.2) is 28.6 Å². The molecule has 0 aliphatic heterocycles. The van der Waals surface area contributed by atoms with Crippen molar-refractivity contribution in [2.24, 2.45) is 0 Å². The van der Waals surface area contributed by atoms with Crippen molar-refractivity contribution in [2.75, 3.05) is 6.61 Å². The van der Waals surface area contributed by atoms with Crippen molar-refractivity contribution in [1.29, 1.82) is 0 Å². The van der Waals surface area contributed by atoms with Crippen molar-refractivity contribution in [2.45, 2.75) is 6.54 Å². The van der Waals surface area contributed by atoms with Crippen molar-refractivity contribution in [3.05, 3.63) is 66.0 Å². The molecule has 3 N–H and O–H groups in total. The summed E-state index contributed by atoms with van der Waals surface area (Å²) in [7, 11) is 0. The number of carbonyl (C=O) groups excluding carboxylic acids is 2. The molecule has 1 aromatic carbocycles. The van der Waals surface area contributed by atoms with E-state index in [1.807, 2.05) is 6.07 Å². The smallest absolute Gasteiger partial charge is 0.281 e. The van der Waals surface area contributed by atoms with Gasteiger partial charge in [0.2, 0.25) is 5.91 Å². The van der Waals surface area contributed by atoms with Gasteiger partial charge < -0.3 is 10.1 Å². The molecule has 0 radical (unpaired) electrons. The first-order valence-corrected chi connectivity index (χ1v) is 7.18. The molecule has 0 aliphatic rings. The maximum atomic E-state index is 11.9. The highest BCUT2D eigenvalue weighted by molar-refractivity contribution is 5.92. The SMILES string of the molecule is O=C(C=Cc1ccccc1OCC(=O)NO)NCc1cccnc1. The molecule has 2 amide bonds. The highest BCUT2D eigenvalue weighted by atomic mass is 16.5. The molecule has 0 saturated heterocycles. The van der Waals surface area contributed by atoms with Gasteiger partial charge in [0.1, 0.15) is 5.75 Å². The Labute approximate surface area is 138 Å². The fourth-order valence-corrected chi connectivity index (χ4v) is 1.84. The van der Waals surface area contributed by atoms with Crippen LogP contribution in [0.4, 0.5) is 0 Å². The predicted molar refractivity (Wildman–Crippen MR) is 87.0 cm³/mol. The van der Waals surface area contributed by atoms with Gasteiger partial charge in [-0.15, -0.1) is 0 Å². The van der Waals surface area contributed by atoms with Crippen LogP contribution >= 0.6 is 0 Å². The summed E-state index contributed by atoms with van der Waals surface area (Å²) in [6, 6.07) is 10.6. The molecule has 2 rings (SSSR count). The number of amides is 2. The fraction of sp³-hybridized carbons (Fsp3) is 0.118. The van der Waals surface area contributed by atoms with Crippen LogP contribution in [0, 0.1) is 0 Å². The van der Waals surface area contributed by atoms with Crippen molar-refractivity contribution in [3.8, 4) is 5.75 Å². The van der Waals surface area contributed by atoms with Gasteiger partial charge in [0.05, 0.1) is 0 Å². The van der Waals surface area contributed by atoms with Gasteiger partial charge in [-0.05, 0) is 23.8 Å². The standard InChI is InChI=1S/C17H17N3O4/c21-16(19-11-13-4-3-9-18-10-13)8-7-14-5-1-2-6-15(14)24-12-17(22)20-23/h1-10,23H,11-12H2,(H,19,21)(H,20,22). The summed E-state index contributed by atoms with van der Waals surface area (Å²) in [4.78, 5) is 26.8. The Hall–Kier alpha value is -3.19. The average molecular weight is 327 g/mol. The lowest BCUT2D eigenvalue weighted by molar-refractivity contribution is -0.131. The second-order valence-electron chi connectivity index (χ2n) is 4.77. The third-order valence-corrected chi connectivity index (χ3v) is 3.01. The van der Waals surface area contributed by atoms with E-state index in [0.717, 1.165) is 5.56 Å². The minimum atomic E-state index is -0.664. The Bertz CT molecular complexity index is 717. The van der Waals surface area contributed by atoms with Gasteiger partial charge in [-0.25, -0.2) is 5.48 Å². The molecule has 0 spiro atoms. The predicted octanol–water partition coefficient (Wildman–Crippen LogP) is 1.30. The highest BCUT2D eigenvalue weighted by Gasteiger charge is 2.04. The summed E-state index contributed by atoms with van der Waals surface area (Å²) in [5.41, 5.74) is 3.03. The van der Waals surface area contributed by atoms with Crippen molar-refractivity contribution in [1.82, 2.24) is 15.8 Å². The maximum absolute atomic E-state index is 11.9. The number of aromatic nitrogens is 1. The van der Waals surface area contributed by atoms with Crippen LogP contribution in [0.2, 0.25) is 0 Å². The zero-order valence-electron chi connectivity index (χ0n) is 12.8. The minimum Gasteiger partial charge on any atom is -0.483 e. The molecular formula is C17H17N3O4. The van der Waals surface area contributed by atoms with Crippen LogP contribution in [-0.2, 0) is 16.1 Å². The summed E-state index contributed by atoms with van der Waals surface area (Å²) >= 11 is 0. The molecule has 7 nitrogen and oxygen atoms in total. The zero-order valence-corrected chi connectivity index (χ0v) is 12.8. The molecular weight excluding hydrogens is 310 g/mol. The van der Waals surface area contributed by atoms with E-state index in [-0.39, 0.29) is 12.5 Å². The number of benzene rings is 1. The summed E-state index contributed by atoms with van der Waals surface area (Å²) < 4.78 is 5.29. The third-order valence-electron chi connectivity index (χ3n) is 3.01.